The molecule has 1 heterocycles. The fourth-order valence-corrected chi connectivity index (χ4v) is 1.93. The summed E-state index contributed by atoms with van der Waals surface area (Å²) in [7, 11) is 0. The lowest BCUT2D eigenvalue weighted by Gasteiger charge is -2.11. The Hall–Kier alpha value is -2.63. The number of amides is 4. The molecule has 1 aromatic rings. The van der Waals surface area contributed by atoms with Crippen LogP contribution >= 0.6 is 0 Å². The van der Waals surface area contributed by atoms with E-state index in [2.05, 4.69) is 10.6 Å². The first kappa shape index (κ1) is 14.8. The van der Waals surface area contributed by atoms with Crippen molar-refractivity contribution in [2.24, 2.45) is 0 Å². The lowest BCUT2D eigenvalue weighted by Crippen LogP contribution is -2.34. The molecule has 0 bridgehead atoms. The Kier molecular flexibility index (Phi) is 5.09. The molecule has 1 aliphatic heterocycles. The van der Waals surface area contributed by atoms with E-state index in [-0.39, 0.29) is 24.4 Å². The Labute approximate surface area is 122 Å². The minimum atomic E-state index is -0.365. The average molecular weight is 287 g/mol. The van der Waals surface area contributed by atoms with E-state index in [1.54, 1.807) is 6.08 Å². The molecule has 0 aromatic heterocycles. The molecule has 110 valence electrons. The standard InChI is InChI=1S/C15H17N3O3/c19-13(8-7-12-5-2-1-3-6-12)16-9-4-10-18-14(20)11-17-15(18)21/h1-3,5-8H,4,9-11H2,(H,16,19)(H,17,21)/b8-7+. The van der Waals surface area contributed by atoms with Gasteiger partial charge in [-0.3, -0.25) is 14.5 Å². The molecule has 0 spiro atoms. The Morgan fingerprint density at radius 3 is 2.71 bits per heavy atom. The second-order valence-corrected chi connectivity index (χ2v) is 4.59. The first-order valence-electron chi connectivity index (χ1n) is 6.76. The molecule has 4 amide bonds. The smallest absolute Gasteiger partial charge is 0.324 e. The normalized spacial score (nSPS) is 14.6. The summed E-state index contributed by atoms with van der Waals surface area (Å²) in [4.78, 5) is 35.3. The van der Waals surface area contributed by atoms with Crippen LogP contribution in [-0.2, 0) is 9.59 Å². The number of imide groups is 1. The molecular weight excluding hydrogens is 270 g/mol. The van der Waals surface area contributed by atoms with Gasteiger partial charge in [-0.1, -0.05) is 30.3 Å². The average Bonchev–Trinajstić information content (AvgIpc) is 2.82. The van der Waals surface area contributed by atoms with Crippen LogP contribution in [0.3, 0.4) is 0 Å². The Morgan fingerprint density at radius 2 is 2.05 bits per heavy atom. The van der Waals surface area contributed by atoms with Crippen LogP contribution in [0.25, 0.3) is 6.08 Å². The highest BCUT2D eigenvalue weighted by Crippen LogP contribution is 2.01. The van der Waals surface area contributed by atoms with Gasteiger partial charge >= 0.3 is 6.03 Å². The SMILES string of the molecule is O=C(/C=C/c1ccccc1)NCCCN1C(=O)CNC1=O. The van der Waals surface area contributed by atoms with Crippen LogP contribution in [0.5, 0.6) is 0 Å². The number of hydrogen-bond acceptors (Lipinski definition) is 3. The van der Waals surface area contributed by atoms with E-state index in [0.29, 0.717) is 19.5 Å². The van der Waals surface area contributed by atoms with E-state index in [9.17, 15) is 14.4 Å². The highest BCUT2D eigenvalue weighted by atomic mass is 16.2. The van der Waals surface area contributed by atoms with Gasteiger partial charge in [0.25, 0.3) is 0 Å². The molecule has 0 saturated carbocycles. The largest absolute Gasteiger partial charge is 0.352 e. The van der Waals surface area contributed by atoms with Crippen LogP contribution in [0.4, 0.5) is 4.79 Å². The first-order valence-corrected chi connectivity index (χ1v) is 6.76. The highest BCUT2D eigenvalue weighted by Gasteiger charge is 2.27. The summed E-state index contributed by atoms with van der Waals surface area (Å²) in [5, 5.41) is 5.16. The number of urea groups is 1. The van der Waals surface area contributed by atoms with Crippen LogP contribution in [0.1, 0.15) is 12.0 Å². The number of benzene rings is 1. The predicted octanol–water partition coefficient (Wildman–Crippen LogP) is 0.758. The summed E-state index contributed by atoms with van der Waals surface area (Å²) in [5.74, 6) is -0.425. The molecule has 6 heteroatoms. The lowest BCUT2D eigenvalue weighted by molar-refractivity contribution is -0.125. The van der Waals surface area contributed by atoms with Gasteiger partial charge in [0.1, 0.15) is 0 Å². The van der Waals surface area contributed by atoms with Crippen molar-refractivity contribution >= 4 is 23.9 Å². The van der Waals surface area contributed by atoms with Crippen LogP contribution in [0, 0.1) is 0 Å². The van der Waals surface area contributed by atoms with Crippen molar-refractivity contribution in [3.63, 3.8) is 0 Å². The van der Waals surface area contributed by atoms with E-state index in [0.717, 1.165) is 10.5 Å². The Morgan fingerprint density at radius 1 is 1.29 bits per heavy atom. The molecule has 1 fully saturated rings. The minimum absolute atomic E-state index is 0.0605. The number of carbonyl (C=O) groups excluding carboxylic acids is 3. The molecule has 1 aliphatic rings. The first-order chi connectivity index (χ1) is 10.2. The van der Waals surface area contributed by atoms with Gasteiger partial charge in [-0.2, -0.15) is 0 Å². The third-order valence-corrected chi connectivity index (χ3v) is 3.02. The van der Waals surface area contributed by atoms with Gasteiger partial charge in [-0.15, -0.1) is 0 Å². The van der Waals surface area contributed by atoms with Crippen molar-refractivity contribution in [3.05, 3.63) is 42.0 Å². The number of nitrogens with zero attached hydrogens (tertiary/aromatic N) is 1. The van der Waals surface area contributed by atoms with Crippen LogP contribution in [0.2, 0.25) is 0 Å². The van der Waals surface area contributed by atoms with Crippen LogP contribution in [0.15, 0.2) is 36.4 Å². The lowest BCUT2D eigenvalue weighted by atomic mass is 10.2. The third kappa shape index (κ3) is 4.45. The molecule has 1 saturated heterocycles. The molecule has 1 aromatic carbocycles. The fraction of sp³-hybridized carbons (Fsp3) is 0.267. The molecule has 2 N–H and O–H groups in total. The van der Waals surface area contributed by atoms with Crippen molar-refractivity contribution in [1.29, 1.82) is 0 Å². The zero-order chi connectivity index (χ0) is 15.1. The maximum atomic E-state index is 11.6. The van der Waals surface area contributed by atoms with E-state index in [4.69, 9.17) is 0 Å². The quantitative estimate of drug-likeness (QED) is 0.460. The van der Waals surface area contributed by atoms with Crippen LogP contribution in [-0.4, -0.2) is 42.4 Å². The third-order valence-electron chi connectivity index (χ3n) is 3.02. The van der Waals surface area contributed by atoms with Crippen LogP contribution < -0.4 is 10.6 Å². The van der Waals surface area contributed by atoms with Crippen molar-refractivity contribution in [2.75, 3.05) is 19.6 Å². The molecule has 21 heavy (non-hydrogen) atoms. The van der Waals surface area contributed by atoms with Gasteiger partial charge in [0.15, 0.2) is 0 Å². The fourth-order valence-electron chi connectivity index (χ4n) is 1.93. The van der Waals surface area contributed by atoms with Gasteiger partial charge < -0.3 is 10.6 Å². The Balaban J connectivity index is 1.67. The predicted molar refractivity (Wildman–Crippen MR) is 78.2 cm³/mol. The van der Waals surface area contributed by atoms with E-state index < -0.39 is 0 Å². The van der Waals surface area contributed by atoms with Gasteiger partial charge in [-0.05, 0) is 18.1 Å². The molecule has 0 atom stereocenters. The molecule has 0 unspecified atom stereocenters. The molecular formula is C15H17N3O3. The number of carbonyl (C=O) groups is 3. The summed E-state index contributed by atoms with van der Waals surface area (Å²) >= 11 is 0. The minimum Gasteiger partial charge on any atom is -0.352 e. The Bertz CT molecular complexity index is 539. The molecule has 6 nitrogen and oxygen atoms in total. The molecule has 0 aliphatic carbocycles. The summed E-state index contributed by atoms with van der Waals surface area (Å²) < 4.78 is 0. The summed E-state index contributed by atoms with van der Waals surface area (Å²) in [6.07, 6.45) is 3.72. The second-order valence-electron chi connectivity index (χ2n) is 4.59. The van der Waals surface area contributed by atoms with E-state index >= 15 is 0 Å². The summed E-state index contributed by atoms with van der Waals surface area (Å²) in [6, 6.07) is 9.15. The zero-order valence-corrected chi connectivity index (χ0v) is 11.5. The second kappa shape index (κ2) is 7.23. The number of nitrogens with one attached hydrogen (secondary N) is 2. The van der Waals surface area contributed by atoms with Gasteiger partial charge in [0, 0.05) is 19.2 Å². The van der Waals surface area contributed by atoms with Gasteiger partial charge in [0.05, 0.1) is 6.54 Å². The topological polar surface area (TPSA) is 78.5 Å². The van der Waals surface area contributed by atoms with E-state index in [1.807, 2.05) is 30.3 Å². The summed E-state index contributed by atoms with van der Waals surface area (Å²) in [5.41, 5.74) is 0.951. The molecule has 0 radical (unpaired) electrons. The maximum absolute atomic E-state index is 11.6. The van der Waals surface area contributed by atoms with Crippen molar-refractivity contribution in [1.82, 2.24) is 15.5 Å². The number of hydrogen-bond donors (Lipinski definition) is 2. The zero-order valence-electron chi connectivity index (χ0n) is 11.5. The summed E-state index contributed by atoms with van der Waals surface area (Å²) in [6.45, 7) is 0.785. The number of rotatable bonds is 6. The van der Waals surface area contributed by atoms with Crippen molar-refractivity contribution < 1.29 is 14.4 Å². The van der Waals surface area contributed by atoms with Gasteiger partial charge in [0.2, 0.25) is 11.8 Å². The highest BCUT2D eigenvalue weighted by molar-refractivity contribution is 6.01. The van der Waals surface area contributed by atoms with Crippen molar-refractivity contribution in [2.45, 2.75) is 6.42 Å². The molecule has 2 rings (SSSR count). The monoisotopic (exact) mass is 287 g/mol. The van der Waals surface area contributed by atoms with Crippen molar-refractivity contribution in [3.8, 4) is 0 Å². The van der Waals surface area contributed by atoms with Gasteiger partial charge in [-0.25, -0.2) is 4.79 Å². The van der Waals surface area contributed by atoms with E-state index in [1.165, 1.54) is 6.08 Å². The maximum Gasteiger partial charge on any atom is 0.324 e.